The number of aromatic carboxylic acids is 1. The van der Waals surface area contributed by atoms with Crippen molar-refractivity contribution >= 4 is 102 Å². The average molecular weight is 1490 g/mol. The molecule has 0 spiro atoms. The Balaban J connectivity index is 0.718. The summed E-state index contributed by atoms with van der Waals surface area (Å²) >= 11 is 1.33. The summed E-state index contributed by atoms with van der Waals surface area (Å²) in [5, 5.41) is 65.4. The van der Waals surface area contributed by atoms with Crippen molar-refractivity contribution in [3.8, 4) is 16.9 Å². The number of rotatable bonds is 30. The third-order valence-electron chi connectivity index (χ3n) is 19.6. The van der Waals surface area contributed by atoms with Crippen LogP contribution in [0.5, 0.6) is 5.75 Å². The molecule has 3 fully saturated rings. The number of hydrogen-bond acceptors (Lipinski definition) is 23. The fourth-order valence-electron chi connectivity index (χ4n) is 15.5. The van der Waals surface area contributed by atoms with Crippen molar-refractivity contribution in [2.75, 3.05) is 67.2 Å². The largest absolute Gasteiger partial charge is 0.479 e. The van der Waals surface area contributed by atoms with Gasteiger partial charge in [-0.3, -0.25) is 43.4 Å². The Hall–Kier alpha value is -9.61. The third-order valence-corrected chi connectivity index (χ3v) is 21.2. The summed E-state index contributed by atoms with van der Waals surface area (Å²) in [4.78, 5) is 120. The topological polar surface area (TPSA) is 431 Å². The standard InChI is InChI=1S/C72H85N11O20S2/c1-42-34-70(3)38-71(4,41-83-43(2)48(36-75-83)46-17-19-53(77-58(46)65(92)93)81-27-23-45-12-8-13-47(49(45)37-81)64(91)79-68-78-63-52(104-68)14-9-24-74-63)40-72(35-42,39-70)101-31-28-80(29-32-105(97,98)99)69(96)100-30-10-11-44-16-18-51(102-67-61(90)59(88)60(89)62(103-67)66(94)95)50(33-44)76-55(85)22-25-73-54(84)15-6-5-7-26-82-56(86)20-21-57(82)87/h8-14,16-21,24,33,36,42,59-62,67,88-90H,5-7,15,22-23,25-32,34-35,37-41H2,1-4H3,(H,73,84)(H,76,85)(H,92,93)(H,94,95)(H,97,98,99)(H,74,78,79,91)/b11-10+/t42?,59-,60-,61+,62-,67+,70?,71?,72?/m0/s1. The molecule has 105 heavy (non-hydrogen) atoms. The molecule has 2 aliphatic carbocycles. The minimum Gasteiger partial charge on any atom is -0.479 e. The number of fused-ring (bicyclic) bond motifs is 4. The summed E-state index contributed by atoms with van der Waals surface area (Å²) in [5.74, 6) is -5.27. The van der Waals surface area contributed by atoms with Crippen LogP contribution in [-0.2, 0) is 67.8 Å². The number of aliphatic carboxylic acids is 1. The summed E-state index contributed by atoms with van der Waals surface area (Å²) in [7, 11) is -4.56. The number of unbranched alkanes of at least 4 members (excludes halogenated alkanes) is 2. The number of aliphatic hydroxyl groups is 3. The molecule has 33 heteroatoms. The van der Waals surface area contributed by atoms with Crippen LogP contribution in [0.2, 0.25) is 0 Å². The van der Waals surface area contributed by atoms with E-state index in [1.165, 1.54) is 53.8 Å². The molecule has 2 aromatic carbocycles. The number of amides is 6. The SMILES string of the molecule is Cc1c(-c2ccc(N3CCc4cccc(C(=O)Nc5nc6ncccc6s5)c4C3)nc2C(=O)O)cnn1CC1(C)CC2(C)CC(C)CC(OCCN(CCS(=O)(=O)O)C(=O)OC/C=C/c3ccc(O[C@@H]4O[C@H](C(=O)O)[C@@H](O)[C@H](O)[C@H]4O)c(NC(=O)CCNC(=O)CCCCCN4C(=O)C=CC4=O)c3)(C2)C1. The highest BCUT2D eigenvalue weighted by atomic mass is 32.2. The van der Waals surface area contributed by atoms with Gasteiger partial charge in [-0.15, -0.1) is 0 Å². The van der Waals surface area contributed by atoms with Crippen LogP contribution in [-0.4, -0.2) is 209 Å². The fourth-order valence-corrected chi connectivity index (χ4v) is 16.8. The summed E-state index contributed by atoms with van der Waals surface area (Å²) in [6, 6.07) is 17.0. The quantitative estimate of drug-likeness (QED) is 0.0134. The van der Waals surface area contributed by atoms with Gasteiger partial charge < -0.3 is 64.9 Å². The van der Waals surface area contributed by atoms with Gasteiger partial charge in [-0.2, -0.15) is 18.5 Å². The molecule has 2 bridgehead atoms. The number of hydrogen-bond donors (Lipinski definition) is 9. The van der Waals surface area contributed by atoms with Crippen LogP contribution in [0.1, 0.15) is 128 Å². The van der Waals surface area contributed by atoms with Crippen molar-refractivity contribution in [3.05, 3.63) is 125 Å². The lowest BCUT2D eigenvalue weighted by molar-refractivity contribution is -0.271. The molecule has 0 radical (unpaired) electrons. The number of aromatic nitrogens is 5. The van der Waals surface area contributed by atoms with Crippen LogP contribution >= 0.6 is 11.3 Å². The number of nitrogens with one attached hydrogen (secondary N) is 3. The molecule has 9 atom stereocenters. The molecule has 11 rings (SSSR count). The molecule has 7 heterocycles. The Labute approximate surface area is 608 Å². The van der Waals surface area contributed by atoms with Crippen molar-refractivity contribution in [2.45, 2.75) is 148 Å². The van der Waals surface area contributed by atoms with Gasteiger partial charge in [-0.05, 0) is 140 Å². The number of imide groups is 1. The van der Waals surface area contributed by atoms with Gasteiger partial charge in [0.25, 0.3) is 27.8 Å². The number of pyridine rings is 2. The van der Waals surface area contributed by atoms with E-state index in [4.69, 9.17) is 29.0 Å². The van der Waals surface area contributed by atoms with E-state index in [9.17, 15) is 76.9 Å². The highest BCUT2D eigenvalue weighted by molar-refractivity contribution is 7.85. The Bertz CT molecular complexity index is 4440. The number of aliphatic hydroxyl groups excluding tert-OH is 3. The number of carbonyl (C=O) groups excluding carboxylic acids is 6. The Kier molecular flexibility index (Phi) is 23.6. The van der Waals surface area contributed by atoms with Crippen LogP contribution in [0.4, 0.5) is 21.4 Å². The fraction of sp³-hybridized carbons (Fsp3) is 0.472. The maximum atomic E-state index is 13.9. The number of carboxylic acid groups (broad SMARTS) is 2. The zero-order chi connectivity index (χ0) is 75.1. The monoisotopic (exact) mass is 1490 g/mol. The number of benzene rings is 2. The van der Waals surface area contributed by atoms with Gasteiger partial charge in [0.2, 0.25) is 18.1 Å². The molecule has 31 nitrogen and oxygen atoms in total. The average Bonchev–Trinajstić information content (AvgIpc) is 1.40. The molecule has 4 aromatic heterocycles. The van der Waals surface area contributed by atoms with Gasteiger partial charge in [0, 0.05) is 99.4 Å². The second kappa shape index (κ2) is 32.4. The van der Waals surface area contributed by atoms with E-state index >= 15 is 0 Å². The predicted molar refractivity (Wildman–Crippen MR) is 381 cm³/mol. The molecule has 5 aliphatic rings. The number of carboxylic acids is 2. The molecular weight excluding hydrogens is 1400 g/mol. The molecular formula is C72H85N11O20S2. The van der Waals surface area contributed by atoms with E-state index in [1.807, 2.05) is 34.7 Å². The van der Waals surface area contributed by atoms with Gasteiger partial charge in [0.05, 0.1) is 34.5 Å². The maximum absolute atomic E-state index is 13.9. The normalized spacial score (nSPS) is 23.7. The molecule has 4 unspecified atom stereocenters. The van der Waals surface area contributed by atoms with Gasteiger partial charge in [-0.25, -0.2) is 24.4 Å². The highest BCUT2D eigenvalue weighted by Crippen LogP contribution is 2.60. The molecule has 3 aliphatic heterocycles. The minimum absolute atomic E-state index is 0.0351. The van der Waals surface area contributed by atoms with Crippen molar-refractivity contribution in [1.29, 1.82) is 0 Å². The second-order valence-electron chi connectivity index (χ2n) is 28.3. The zero-order valence-electron chi connectivity index (χ0n) is 58.3. The van der Waals surface area contributed by atoms with Crippen LogP contribution in [0.3, 0.4) is 0 Å². The van der Waals surface area contributed by atoms with Crippen LogP contribution < -0.4 is 25.6 Å². The number of ether oxygens (including phenoxy) is 4. The smallest absolute Gasteiger partial charge is 0.410 e. The van der Waals surface area contributed by atoms with Crippen LogP contribution in [0.25, 0.3) is 27.6 Å². The van der Waals surface area contributed by atoms with Gasteiger partial charge >= 0.3 is 18.0 Å². The minimum atomic E-state index is -4.56. The van der Waals surface area contributed by atoms with Crippen molar-refractivity contribution in [1.82, 2.24) is 39.8 Å². The van der Waals surface area contributed by atoms with Gasteiger partial charge in [0.1, 0.15) is 36.5 Å². The Morgan fingerprint density at radius 2 is 1.66 bits per heavy atom. The first kappa shape index (κ1) is 76.5. The van der Waals surface area contributed by atoms with Crippen molar-refractivity contribution < 1.29 is 95.8 Å². The number of thiazole rings is 1. The molecule has 560 valence electrons. The van der Waals surface area contributed by atoms with E-state index in [-0.39, 0.29) is 86.0 Å². The summed E-state index contributed by atoms with van der Waals surface area (Å²) < 4.78 is 60.5. The summed E-state index contributed by atoms with van der Waals surface area (Å²) in [6.07, 6.45) is 3.48. The first-order valence-corrected chi connectivity index (χ1v) is 37.0. The van der Waals surface area contributed by atoms with E-state index < -0.39 is 99.9 Å². The van der Waals surface area contributed by atoms with Crippen LogP contribution in [0.15, 0.2) is 91.3 Å². The first-order valence-electron chi connectivity index (χ1n) is 34.6. The van der Waals surface area contributed by atoms with Crippen molar-refractivity contribution in [3.63, 3.8) is 0 Å². The third kappa shape index (κ3) is 18.7. The van der Waals surface area contributed by atoms with Gasteiger partial charge in [0.15, 0.2) is 22.6 Å². The lowest BCUT2D eigenvalue weighted by Gasteiger charge is -2.58. The Morgan fingerprint density at radius 3 is 2.41 bits per heavy atom. The van der Waals surface area contributed by atoms with E-state index in [2.05, 4.69) is 46.7 Å². The second-order valence-corrected chi connectivity index (χ2v) is 30.9. The van der Waals surface area contributed by atoms with Crippen LogP contribution in [0, 0.1) is 23.7 Å². The molecule has 9 N–H and O–H groups in total. The number of carbonyl (C=O) groups is 8. The van der Waals surface area contributed by atoms with Gasteiger partial charge in [-0.1, -0.05) is 62.8 Å². The summed E-state index contributed by atoms with van der Waals surface area (Å²) in [6.45, 7) is 8.91. The van der Waals surface area contributed by atoms with E-state index in [0.29, 0.717) is 103 Å². The summed E-state index contributed by atoms with van der Waals surface area (Å²) in [5.41, 5.74) is 3.37. The molecule has 2 saturated carbocycles. The van der Waals surface area contributed by atoms with E-state index in [0.717, 1.165) is 44.2 Å². The lowest BCUT2D eigenvalue weighted by Crippen LogP contribution is -2.61. The predicted octanol–water partition coefficient (Wildman–Crippen LogP) is 6.39. The molecule has 1 saturated heterocycles. The first-order chi connectivity index (χ1) is 49.9. The highest BCUT2D eigenvalue weighted by Gasteiger charge is 2.56. The molecule has 6 amide bonds. The van der Waals surface area contributed by atoms with Crippen molar-refractivity contribution in [2.24, 2.45) is 16.7 Å². The molecule has 6 aromatic rings. The lowest BCUT2D eigenvalue weighted by atomic mass is 9.51. The van der Waals surface area contributed by atoms with E-state index in [1.54, 1.807) is 36.7 Å². The maximum Gasteiger partial charge on any atom is 0.410 e. The zero-order valence-corrected chi connectivity index (χ0v) is 60.0. The number of anilines is 3. The number of nitrogens with zero attached hydrogens (tertiary/aromatic N) is 8. The Morgan fingerprint density at radius 1 is 0.867 bits per heavy atom.